The fourth-order valence-electron chi connectivity index (χ4n) is 1.44. The normalized spacial score (nSPS) is 9.79. The number of halogens is 1. The topological polar surface area (TPSA) is 50.4 Å². The second-order valence-electron chi connectivity index (χ2n) is 3.78. The summed E-state index contributed by atoms with van der Waals surface area (Å²) < 4.78 is 5.63. The van der Waals surface area contributed by atoms with Crippen molar-refractivity contribution in [3.05, 3.63) is 53.6 Å². The maximum Gasteiger partial charge on any atom is 0.318 e. The minimum atomic E-state index is -0.258. The molecule has 0 saturated heterocycles. The predicted octanol–water partition coefficient (Wildman–Crippen LogP) is 3.88. The van der Waals surface area contributed by atoms with Crippen LogP contribution in [0.3, 0.4) is 0 Å². The highest BCUT2D eigenvalue weighted by molar-refractivity contribution is 6.30. The fraction of sp³-hybridized carbons (Fsp3) is 0.0714. The Balaban J connectivity index is 2.02. The number of urea groups is 1. The third-order valence-corrected chi connectivity index (χ3v) is 2.64. The average Bonchev–Trinajstić information content (AvgIpc) is 2.43. The summed E-state index contributed by atoms with van der Waals surface area (Å²) in [5, 5.41) is 5.81. The third kappa shape index (κ3) is 3.89. The highest BCUT2D eigenvalue weighted by atomic mass is 35.5. The largest absolute Gasteiger partial charge is 0.457 e. The number of benzene rings is 2. The van der Waals surface area contributed by atoms with E-state index in [1.165, 1.54) is 0 Å². The van der Waals surface area contributed by atoms with Gasteiger partial charge in [0.25, 0.3) is 0 Å². The molecule has 0 spiro atoms. The second kappa shape index (κ2) is 6.11. The number of amides is 2. The van der Waals surface area contributed by atoms with Crippen molar-refractivity contribution in [1.29, 1.82) is 0 Å². The molecular weight excluding hydrogens is 264 g/mol. The summed E-state index contributed by atoms with van der Waals surface area (Å²) in [7, 11) is 1.56. The SMILES string of the molecule is CNC(=O)Nc1ccc(Oc2ccc(Cl)cc2)cc1. The number of ether oxygens (including phenoxy) is 1. The Hall–Kier alpha value is -2.20. The van der Waals surface area contributed by atoms with E-state index in [1.54, 1.807) is 55.6 Å². The van der Waals surface area contributed by atoms with Gasteiger partial charge in [0.2, 0.25) is 0 Å². The molecule has 2 aromatic rings. The predicted molar refractivity (Wildman–Crippen MR) is 76.0 cm³/mol. The molecule has 0 radical (unpaired) electrons. The van der Waals surface area contributed by atoms with Gasteiger partial charge in [-0.25, -0.2) is 4.79 Å². The van der Waals surface area contributed by atoms with Crippen LogP contribution < -0.4 is 15.4 Å². The van der Waals surface area contributed by atoms with Gasteiger partial charge in [0.05, 0.1) is 0 Å². The molecule has 0 aromatic heterocycles. The van der Waals surface area contributed by atoms with Gasteiger partial charge in [0, 0.05) is 17.8 Å². The maximum absolute atomic E-state index is 11.1. The van der Waals surface area contributed by atoms with Gasteiger partial charge in [0.1, 0.15) is 11.5 Å². The molecule has 0 aliphatic rings. The Morgan fingerprint density at radius 3 is 2.05 bits per heavy atom. The molecule has 0 saturated carbocycles. The smallest absolute Gasteiger partial charge is 0.318 e. The van der Waals surface area contributed by atoms with E-state index in [9.17, 15) is 4.79 Å². The van der Waals surface area contributed by atoms with Crippen molar-refractivity contribution in [2.75, 3.05) is 12.4 Å². The van der Waals surface area contributed by atoms with Crippen molar-refractivity contribution < 1.29 is 9.53 Å². The molecule has 0 fully saturated rings. The molecule has 19 heavy (non-hydrogen) atoms. The first kappa shape index (κ1) is 13.2. The van der Waals surface area contributed by atoms with Crippen LogP contribution in [0.25, 0.3) is 0 Å². The summed E-state index contributed by atoms with van der Waals surface area (Å²) >= 11 is 5.80. The van der Waals surface area contributed by atoms with Crippen molar-refractivity contribution in [2.45, 2.75) is 0 Å². The number of carbonyl (C=O) groups excluding carboxylic acids is 1. The molecule has 98 valence electrons. The molecule has 0 bridgehead atoms. The quantitative estimate of drug-likeness (QED) is 0.894. The minimum absolute atomic E-state index is 0.258. The van der Waals surface area contributed by atoms with Crippen molar-refractivity contribution >= 4 is 23.3 Å². The second-order valence-corrected chi connectivity index (χ2v) is 4.22. The summed E-state index contributed by atoms with van der Waals surface area (Å²) in [6, 6.07) is 13.9. The molecule has 2 aromatic carbocycles. The van der Waals surface area contributed by atoms with Crippen LogP contribution in [-0.4, -0.2) is 13.1 Å². The summed E-state index contributed by atoms with van der Waals surface area (Å²) in [4.78, 5) is 11.1. The van der Waals surface area contributed by atoms with Crippen LogP contribution >= 0.6 is 11.6 Å². The van der Waals surface area contributed by atoms with Gasteiger partial charge < -0.3 is 15.4 Å². The first-order valence-corrected chi connectivity index (χ1v) is 6.07. The molecule has 4 nitrogen and oxygen atoms in total. The van der Waals surface area contributed by atoms with E-state index in [0.717, 1.165) is 0 Å². The molecular formula is C14H13ClN2O2. The Morgan fingerprint density at radius 1 is 1.00 bits per heavy atom. The van der Waals surface area contributed by atoms with E-state index in [-0.39, 0.29) is 6.03 Å². The van der Waals surface area contributed by atoms with Crippen LogP contribution in [0.5, 0.6) is 11.5 Å². The lowest BCUT2D eigenvalue weighted by atomic mass is 10.3. The lowest BCUT2D eigenvalue weighted by Gasteiger charge is -2.07. The van der Waals surface area contributed by atoms with Crippen LogP contribution in [0.4, 0.5) is 10.5 Å². The maximum atomic E-state index is 11.1. The zero-order valence-electron chi connectivity index (χ0n) is 10.3. The summed E-state index contributed by atoms with van der Waals surface area (Å²) in [6.07, 6.45) is 0. The van der Waals surface area contributed by atoms with Crippen LogP contribution in [0.1, 0.15) is 0 Å². The molecule has 0 aliphatic carbocycles. The first-order chi connectivity index (χ1) is 9.17. The standard InChI is InChI=1S/C14H13ClN2O2/c1-16-14(18)17-11-4-8-13(9-5-11)19-12-6-2-10(15)3-7-12/h2-9H,1H3,(H2,16,17,18). The zero-order valence-corrected chi connectivity index (χ0v) is 11.1. The van der Waals surface area contributed by atoms with Crippen LogP contribution in [0.15, 0.2) is 48.5 Å². The Labute approximate surface area is 116 Å². The molecule has 5 heteroatoms. The average molecular weight is 277 g/mol. The Morgan fingerprint density at radius 2 is 1.53 bits per heavy atom. The van der Waals surface area contributed by atoms with Crippen molar-refractivity contribution in [1.82, 2.24) is 5.32 Å². The Kier molecular flexibility index (Phi) is 4.26. The fourth-order valence-corrected chi connectivity index (χ4v) is 1.56. The van der Waals surface area contributed by atoms with Gasteiger partial charge in [0.15, 0.2) is 0 Å². The van der Waals surface area contributed by atoms with E-state index in [1.807, 2.05) is 0 Å². The van der Waals surface area contributed by atoms with Gasteiger partial charge in [-0.3, -0.25) is 0 Å². The highest BCUT2D eigenvalue weighted by Crippen LogP contribution is 2.24. The van der Waals surface area contributed by atoms with E-state index in [0.29, 0.717) is 22.2 Å². The number of nitrogens with one attached hydrogen (secondary N) is 2. The molecule has 0 unspecified atom stereocenters. The highest BCUT2D eigenvalue weighted by Gasteiger charge is 2.00. The first-order valence-electron chi connectivity index (χ1n) is 5.69. The number of hydrogen-bond acceptors (Lipinski definition) is 2. The van der Waals surface area contributed by atoms with E-state index >= 15 is 0 Å². The van der Waals surface area contributed by atoms with Gasteiger partial charge >= 0.3 is 6.03 Å². The van der Waals surface area contributed by atoms with Crippen molar-refractivity contribution in [2.24, 2.45) is 0 Å². The van der Waals surface area contributed by atoms with Gasteiger partial charge in [-0.15, -0.1) is 0 Å². The molecule has 0 aliphatic heterocycles. The monoisotopic (exact) mass is 276 g/mol. The van der Waals surface area contributed by atoms with E-state index < -0.39 is 0 Å². The van der Waals surface area contributed by atoms with Gasteiger partial charge in [-0.05, 0) is 48.5 Å². The molecule has 2 amide bonds. The lowest BCUT2D eigenvalue weighted by Crippen LogP contribution is -2.24. The number of carbonyl (C=O) groups is 1. The van der Waals surface area contributed by atoms with Gasteiger partial charge in [-0.1, -0.05) is 11.6 Å². The molecule has 2 rings (SSSR count). The Bertz CT molecular complexity index is 553. The number of rotatable bonds is 3. The zero-order chi connectivity index (χ0) is 13.7. The summed E-state index contributed by atoms with van der Waals surface area (Å²) in [5.41, 5.74) is 0.697. The molecule has 0 atom stereocenters. The third-order valence-electron chi connectivity index (χ3n) is 2.39. The van der Waals surface area contributed by atoms with E-state index in [4.69, 9.17) is 16.3 Å². The number of anilines is 1. The molecule has 2 N–H and O–H groups in total. The van der Waals surface area contributed by atoms with Crippen LogP contribution in [0.2, 0.25) is 5.02 Å². The van der Waals surface area contributed by atoms with Crippen LogP contribution in [-0.2, 0) is 0 Å². The van der Waals surface area contributed by atoms with Gasteiger partial charge in [-0.2, -0.15) is 0 Å². The minimum Gasteiger partial charge on any atom is -0.457 e. The van der Waals surface area contributed by atoms with E-state index in [2.05, 4.69) is 10.6 Å². The van der Waals surface area contributed by atoms with Crippen LogP contribution in [0, 0.1) is 0 Å². The van der Waals surface area contributed by atoms with Crippen molar-refractivity contribution in [3.8, 4) is 11.5 Å². The summed E-state index contributed by atoms with van der Waals surface area (Å²) in [5.74, 6) is 1.39. The summed E-state index contributed by atoms with van der Waals surface area (Å²) in [6.45, 7) is 0. The molecule has 0 heterocycles. The van der Waals surface area contributed by atoms with Crippen molar-refractivity contribution in [3.63, 3.8) is 0 Å². The lowest BCUT2D eigenvalue weighted by molar-refractivity contribution is 0.254. The number of hydrogen-bond donors (Lipinski definition) is 2.